The van der Waals surface area contributed by atoms with E-state index in [1.54, 1.807) is 24.9 Å². The van der Waals surface area contributed by atoms with E-state index >= 15 is 0 Å². The monoisotopic (exact) mass is 570 g/mol. The Kier molecular flexibility index (Phi) is 6.80. The van der Waals surface area contributed by atoms with Gasteiger partial charge in [-0.25, -0.2) is 19.9 Å². The zero-order chi connectivity index (χ0) is 29.4. The third-order valence-electron chi connectivity index (χ3n) is 8.28. The number of ether oxygens (including phenoxy) is 1. The van der Waals surface area contributed by atoms with Gasteiger partial charge in [0, 0.05) is 35.3 Å². The maximum atomic E-state index is 13.2. The summed E-state index contributed by atoms with van der Waals surface area (Å²) in [6.45, 7) is 2.72. The summed E-state index contributed by atoms with van der Waals surface area (Å²) in [5, 5.41) is 16.0. The van der Waals surface area contributed by atoms with Crippen LogP contribution in [0.5, 0.6) is 0 Å². The molecule has 10 nitrogen and oxygen atoms in total. The normalized spacial score (nSPS) is 17.3. The van der Waals surface area contributed by atoms with Crippen molar-refractivity contribution in [2.45, 2.75) is 50.7 Å². The number of aromatic nitrogens is 5. The second kappa shape index (κ2) is 10.9. The number of nitrogens with one attached hydrogen (secondary N) is 2. The van der Waals surface area contributed by atoms with E-state index in [2.05, 4.69) is 36.6 Å². The van der Waals surface area contributed by atoms with Gasteiger partial charge in [0.1, 0.15) is 29.6 Å². The zero-order valence-corrected chi connectivity index (χ0v) is 23.7. The number of carbonyl (C=O) groups is 1. The molecule has 2 aliphatic rings. The zero-order valence-electron chi connectivity index (χ0n) is 23.7. The number of nitriles is 1. The second-order valence-electron chi connectivity index (χ2n) is 11.2. The van der Waals surface area contributed by atoms with Crippen molar-refractivity contribution in [1.29, 1.82) is 5.26 Å². The van der Waals surface area contributed by atoms with E-state index in [4.69, 9.17) is 4.74 Å². The Morgan fingerprint density at radius 1 is 1.07 bits per heavy atom. The van der Waals surface area contributed by atoms with Crippen LogP contribution >= 0.6 is 0 Å². The first-order valence-corrected chi connectivity index (χ1v) is 14.5. The predicted octanol–water partition coefficient (Wildman–Crippen LogP) is 6.45. The Morgan fingerprint density at radius 3 is 2.79 bits per heavy atom. The van der Waals surface area contributed by atoms with Crippen molar-refractivity contribution < 1.29 is 9.53 Å². The highest BCUT2D eigenvalue weighted by Gasteiger charge is 2.45. The summed E-state index contributed by atoms with van der Waals surface area (Å²) in [7, 11) is 0. The van der Waals surface area contributed by atoms with Gasteiger partial charge in [-0.2, -0.15) is 5.26 Å². The van der Waals surface area contributed by atoms with Crippen LogP contribution in [0.4, 0.5) is 17.2 Å². The molecule has 2 fully saturated rings. The first kappa shape index (κ1) is 26.7. The van der Waals surface area contributed by atoms with Crippen LogP contribution in [0.2, 0.25) is 0 Å². The molecule has 7 rings (SSSR count). The van der Waals surface area contributed by atoms with E-state index in [0.29, 0.717) is 28.3 Å². The molecule has 3 aromatic heterocycles. The smallest absolute Gasteiger partial charge is 0.255 e. The second-order valence-corrected chi connectivity index (χ2v) is 11.2. The number of benzene rings is 2. The van der Waals surface area contributed by atoms with Crippen LogP contribution in [0.3, 0.4) is 0 Å². The van der Waals surface area contributed by atoms with E-state index in [9.17, 15) is 10.1 Å². The number of hydrogen-bond acceptors (Lipinski definition) is 8. The van der Waals surface area contributed by atoms with Crippen LogP contribution in [-0.4, -0.2) is 37.0 Å². The average Bonchev–Trinajstić information content (AvgIpc) is 3.74. The number of hydrogen-bond donors (Lipinski definition) is 2. The van der Waals surface area contributed by atoms with Gasteiger partial charge in [-0.15, -0.1) is 0 Å². The van der Waals surface area contributed by atoms with Crippen LogP contribution in [-0.2, 0) is 10.2 Å². The topological polar surface area (TPSA) is 131 Å². The molecule has 1 amide bonds. The Morgan fingerprint density at radius 2 is 1.98 bits per heavy atom. The Bertz CT molecular complexity index is 1880. The summed E-state index contributed by atoms with van der Waals surface area (Å²) in [4.78, 5) is 31.6. The van der Waals surface area contributed by atoms with Gasteiger partial charge in [0.2, 0.25) is 0 Å². The summed E-state index contributed by atoms with van der Waals surface area (Å²) in [6.07, 6.45) is 9.71. The lowest BCUT2D eigenvalue weighted by Crippen LogP contribution is -2.17. The molecule has 2 N–H and O–H groups in total. The fourth-order valence-electron chi connectivity index (χ4n) is 5.61. The molecule has 214 valence electrons. The lowest BCUT2D eigenvalue weighted by atomic mass is 9.96. The first-order chi connectivity index (χ1) is 21.0. The number of pyridine rings is 1. The third-order valence-corrected chi connectivity index (χ3v) is 8.28. The SMILES string of the molecule is Cc1ccc(NC(=O)c2cccc(C3(C#N)CC3)c2)cc1Nc1ncccc1-c1ncnc2c1ncn2C1CCCCO1. The largest absolute Gasteiger partial charge is 0.358 e. The van der Waals surface area contributed by atoms with Gasteiger partial charge < -0.3 is 15.4 Å². The van der Waals surface area contributed by atoms with Crippen LogP contribution in [0, 0.1) is 18.3 Å². The van der Waals surface area contributed by atoms with Crippen molar-refractivity contribution in [2.24, 2.45) is 0 Å². The van der Waals surface area contributed by atoms with Crippen molar-refractivity contribution >= 4 is 34.3 Å². The highest BCUT2D eigenvalue weighted by Crippen LogP contribution is 2.47. The minimum absolute atomic E-state index is 0.0859. The summed E-state index contributed by atoms with van der Waals surface area (Å²) in [5.41, 5.74) is 6.22. The molecule has 43 heavy (non-hydrogen) atoms. The number of fused-ring (bicyclic) bond motifs is 1. The van der Waals surface area contributed by atoms with Crippen LogP contribution in [0.25, 0.3) is 22.4 Å². The van der Waals surface area contributed by atoms with E-state index in [1.807, 2.05) is 60.0 Å². The minimum Gasteiger partial charge on any atom is -0.358 e. The summed E-state index contributed by atoms with van der Waals surface area (Å²) < 4.78 is 7.97. The standard InChI is InChI=1S/C33H30N8O2/c1-21-10-11-24(39-32(42)22-6-4-7-23(16-22)33(18-34)12-13-33)17-26(21)40-30-25(8-5-14-35-30)28-29-31(37-19-36-28)41(20-38-29)27-9-2-3-15-43-27/h4-8,10-11,14,16-17,19-20,27H,2-3,9,12-13,15H2,1H3,(H,35,40)(H,39,42). The van der Waals surface area contributed by atoms with E-state index < -0.39 is 5.41 Å². The molecule has 0 bridgehead atoms. The molecule has 5 aromatic rings. The predicted molar refractivity (Wildman–Crippen MR) is 163 cm³/mol. The number of carbonyl (C=O) groups excluding carboxylic acids is 1. The van der Waals surface area contributed by atoms with Gasteiger partial charge in [-0.3, -0.25) is 9.36 Å². The molecule has 1 aliphatic heterocycles. The van der Waals surface area contributed by atoms with Crippen molar-refractivity contribution in [1.82, 2.24) is 24.5 Å². The molecule has 0 radical (unpaired) electrons. The maximum absolute atomic E-state index is 13.2. The van der Waals surface area contributed by atoms with Crippen molar-refractivity contribution in [2.75, 3.05) is 17.2 Å². The fraction of sp³-hybridized carbons (Fsp3) is 0.273. The minimum atomic E-state index is -0.450. The van der Waals surface area contributed by atoms with Crippen molar-refractivity contribution in [3.05, 3.63) is 90.1 Å². The molecule has 1 saturated carbocycles. The number of anilines is 3. The molecule has 0 spiro atoms. The van der Waals surface area contributed by atoms with Crippen molar-refractivity contribution in [3.63, 3.8) is 0 Å². The molecule has 1 atom stereocenters. The van der Waals surface area contributed by atoms with Crippen molar-refractivity contribution in [3.8, 4) is 17.3 Å². The van der Waals surface area contributed by atoms with E-state index in [0.717, 1.165) is 66.7 Å². The first-order valence-electron chi connectivity index (χ1n) is 14.5. The summed E-state index contributed by atoms with van der Waals surface area (Å²) >= 11 is 0. The van der Waals surface area contributed by atoms with Gasteiger partial charge in [0.15, 0.2) is 5.65 Å². The van der Waals surface area contributed by atoms with E-state index in [1.165, 1.54) is 0 Å². The molecule has 2 aromatic carbocycles. The Hall–Kier alpha value is -5.14. The molecule has 1 aliphatic carbocycles. The number of imidazole rings is 1. The maximum Gasteiger partial charge on any atom is 0.255 e. The molecule has 1 unspecified atom stereocenters. The fourth-order valence-corrected chi connectivity index (χ4v) is 5.61. The molecular weight excluding hydrogens is 540 g/mol. The van der Waals surface area contributed by atoms with Gasteiger partial charge in [-0.05, 0) is 86.6 Å². The molecule has 10 heteroatoms. The number of rotatable bonds is 7. The lowest BCUT2D eigenvalue weighted by molar-refractivity contribution is -0.0298. The van der Waals surface area contributed by atoms with Gasteiger partial charge >= 0.3 is 0 Å². The number of nitrogens with zero attached hydrogens (tertiary/aromatic N) is 6. The summed E-state index contributed by atoms with van der Waals surface area (Å²) in [5.74, 6) is 0.376. The highest BCUT2D eigenvalue weighted by molar-refractivity contribution is 6.04. The van der Waals surface area contributed by atoms with Crippen LogP contribution in [0.15, 0.2) is 73.4 Å². The van der Waals surface area contributed by atoms with Gasteiger partial charge in [0.05, 0.1) is 17.8 Å². The Balaban J connectivity index is 1.16. The van der Waals surface area contributed by atoms with E-state index in [-0.39, 0.29) is 12.1 Å². The lowest BCUT2D eigenvalue weighted by Gasteiger charge is -2.23. The van der Waals surface area contributed by atoms with Crippen LogP contribution in [0.1, 0.15) is 59.8 Å². The third kappa shape index (κ3) is 5.08. The molecule has 4 heterocycles. The quantitative estimate of drug-likeness (QED) is 0.228. The summed E-state index contributed by atoms with van der Waals surface area (Å²) in [6, 6.07) is 19.3. The van der Waals surface area contributed by atoms with Gasteiger partial charge in [0.25, 0.3) is 5.91 Å². The highest BCUT2D eigenvalue weighted by atomic mass is 16.5. The average molecular weight is 571 g/mol. The molecular formula is C33H30N8O2. The van der Waals surface area contributed by atoms with Crippen LogP contribution < -0.4 is 10.6 Å². The molecule has 1 saturated heterocycles. The Labute approximate surface area is 248 Å². The number of amides is 1. The van der Waals surface area contributed by atoms with Gasteiger partial charge in [-0.1, -0.05) is 18.2 Å². The number of aryl methyl sites for hydroxylation is 1.